The highest BCUT2D eigenvalue weighted by atomic mass is 16.5. The van der Waals surface area contributed by atoms with Gasteiger partial charge in [0.2, 0.25) is 0 Å². The van der Waals surface area contributed by atoms with Crippen LogP contribution in [-0.4, -0.2) is 67.7 Å². The van der Waals surface area contributed by atoms with E-state index in [9.17, 15) is 5.11 Å². The molecule has 0 saturated carbocycles. The third-order valence-corrected chi connectivity index (χ3v) is 7.51. The van der Waals surface area contributed by atoms with Gasteiger partial charge in [-0.3, -0.25) is 4.90 Å². The van der Waals surface area contributed by atoms with Gasteiger partial charge in [-0.15, -0.1) is 0 Å². The van der Waals surface area contributed by atoms with Crippen molar-refractivity contribution >= 4 is 22.0 Å². The maximum Gasteiger partial charge on any atom is 0.118 e. The van der Waals surface area contributed by atoms with E-state index in [1.165, 1.54) is 22.1 Å². The summed E-state index contributed by atoms with van der Waals surface area (Å²) in [6.45, 7) is 6.58. The molecule has 204 valence electrons. The first-order chi connectivity index (χ1) is 19.1. The van der Waals surface area contributed by atoms with Crippen LogP contribution in [0.5, 0.6) is 11.5 Å². The van der Waals surface area contributed by atoms with Crippen LogP contribution in [0.4, 0.5) is 0 Å². The normalized spacial score (nSPS) is 14.8. The third kappa shape index (κ3) is 6.04. The molecule has 0 aliphatic carbocycles. The highest BCUT2D eigenvalue weighted by Crippen LogP contribution is 2.39. The van der Waals surface area contributed by atoms with Crippen molar-refractivity contribution in [1.82, 2.24) is 9.47 Å². The topological polar surface area (TPSA) is 56.1 Å². The van der Waals surface area contributed by atoms with E-state index in [0.29, 0.717) is 13.1 Å². The van der Waals surface area contributed by atoms with Gasteiger partial charge in [-0.1, -0.05) is 49.4 Å². The molecule has 0 bridgehead atoms. The molecule has 1 aliphatic heterocycles. The number of methoxy groups -OCH3 is 2. The molecule has 3 aromatic carbocycles. The summed E-state index contributed by atoms with van der Waals surface area (Å²) in [7, 11) is 3.38. The molecule has 1 saturated heterocycles. The van der Waals surface area contributed by atoms with E-state index in [1.807, 2.05) is 24.3 Å². The van der Waals surface area contributed by atoms with Gasteiger partial charge in [0.1, 0.15) is 11.5 Å². The Balaban J connectivity index is 1.60. The number of aliphatic hydroxyl groups is 1. The number of hydrogen-bond acceptors (Lipinski definition) is 5. The fourth-order valence-electron chi connectivity index (χ4n) is 5.54. The monoisotopic (exact) mass is 526 g/mol. The summed E-state index contributed by atoms with van der Waals surface area (Å²) in [5.41, 5.74) is 7.00. The second kappa shape index (κ2) is 12.5. The van der Waals surface area contributed by atoms with E-state index in [2.05, 4.69) is 71.1 Å². The van der Waals surface area contributed by atoms with Crippen LogP contribution < -0.4 is 9.47 Å². The SMILES string of the molecule is CCC(=C(c1ccc(OC)cc1)c1ccc(OC)cc1)c1cn(CC(O)CN2CCOCC2)c2ccccc12. The second-order valence-corrected chi connectivity index (χ2v) is 9.94. The van der Waals surface area contributed by atoms with Gasteiger partial charge < -0.3 is 23.9 Å². The van der Waals surface area contributed by atoms with Crippen molar-refractivity contribution in [1.29, 1.82) is 0 Å². The number of morpholine rings is 1. The summed E-state index contributed by atoms with van der Waals surface area (Å²) < 4.78 is 18.6. The van der Waals surface area contributed by atoms with Gasteiger partial charge in [-0.05, 0) is 59.0 Å². The van der Waals surface area contributed by atoms with Crippen LogP contribution in [0.25, 0.3) is 22.0 Å². The minimum atomic E-state index is -0.469. The Labute approximate surface area is 231 Å². The average molecular weight is 527 g/mol. The van der Waals surface area contributed by atoms with E-state index in [0.717, 1.165) is 60.9 Å². The predicted molar refractivity (Wildman–Crippen MR) is 157 cm³/mol. The number of para-hydroxylation sites is 1. The number of aromatic nitrogens is 1. The maximum atomic E-state index is 11.0. The Morgan fingerprint density at radius 2 is 1.44 bits per heavy atom. The summed E-state index contributed by atoms with van der Waals surface area (Å²) in [6, 6.07) is 25.0. The van der Waals surface area contributed by atoms with Crippen LogP contribution in [0.3, 0.4) is 0 Å². The first-order valence-corrected chi connectivity index (χ1v) is 13.7. The molecule has 1 atom stereocenters. The summed E-state index contributed by atoms with van der Waals surface area (Å²) in [4.78, 5) is 2.28. The van der Waals surface area contributed by atoms with Crippen molar-refractivity contribution in [2.45, 2.75) is 26.0 Å². The smallest absolute Gasteiger partial charge is 0.118 e. The molecule has 1 unspecified atom stereocenters. The van der Waals surface area contributed by atoms with Gasteiger partial charge in [0.25, 0.3) is 0 Å². The van der Waals surface area contributed by atoms with Crippen LogP contribution in [0.15, 0.2) is 79.0 Å². The molecular formula is C33H38N2O4. The number of rotatable bonds is 10. The molecule has 1 aliphatic rings. The summed E-state index contributed by atoms with van der Waals surface area (Å²) in [5, 5.41) is 12.2. The highest BCUT2D eigenvalue weighted by Gasteiger charge is 2.20. The molecule has 1 N–H and O–H groups in total. The molecule has 2 heterocycles. The molecule has 0 radical (unpaired) electrons. The lowest BCUT2D eigenvalue weighted by molar-refractivity contribution is 0.0117. The van der Waals surface area contributed by atoms with Gasteiger partial charge in [-0.25, -0.2) is 0 Å². The standard InChI is InChI=1S/C33H38N2O4/c1-4-29(33(24-9-13-27(37-2)14-10-24)25-11-15-28(38-3)16-12-25)31-23-35(32-8-6-5-7-30(31)32)22-26(36)21-34-17-19-39-20-18-34/h5-16,23,26,36H,4,17-22H2,1-3H3. The zero-order chi connectivity index (χ0) is 27.2. The van der Waals surface area contributed by atoms with E-state index in [-0.39, 0.29) is 0 Å². The zero-order valence-corrected chi connectivity index (χ0v) is 23.1. The van der Waals surface area contributed by atoms with Crippen LogP contribution >= 0.6 is 0 Å². The van der Waals surface area contributed by atoms with E-state index in [1.54, 1.807) is 14.2 Å². The fourth-order valence-corrected chi connectivity index (χ4v) is 5.54. The fraction of sp³-hybridized carbons (Fsp3) is 0.333. The molecule has 5 rings (SSSR count). The lowest BCUT2D eigenvalue weighted by Crippen LogP contribution is -2.41. The van der Waals surface area contributed by atoms with E-state index in [4.69, 9.17) is 14.2 Å². The predicted octanol–water partition coefficient (Wildman–Crippen LogP) is 5.72. The van der Waals surface area contributed by atoms with Crippen LogP contribution in [-0.2, 0) is 11.3 Å². The number of hydrogen-bond donors (Lipinski definition) is 1. The zero-order valence-electron chi connectivity index (χ0n) is 23.1. The molecule has 39 heavy (non-hydrogen) atoms. The number of β-amino-alcohol motifs (C(OH)–C–C–N with tert-alkyl or cyclic N) is 1. The van der Waals surface area contributed by atoms with Crippen LogP contribution in [0.1, 0.15) is 30.0 Å². The van der Waals surface area contributed by atoms with Gasteiger partial charge >= 0.3 is 0 Å². The molecule has 1 fully saturated rings. The summed E-state index contributed by atoms with van der Waals surface area (Å²) in [5.74, 6) is 1.66. The van der Waals surface area contributed by atoms with Crippen molar-refractivity contribution in [3.8, 4) is 11.5 Å². The molecule has 0 spiro atoms. The first kappa shape index (κ1) is 27.0. The van der Waals surface area contributed by atoms with Gasteiger partial charge in [0.05, 0.1) is 33.5 Å². The van der Waals surface area contributed by atoms with Crippen molar-refractivity contribution < 1.29 is 19.3 Å². The van der Waals surface area contributed by atoms with Gasteiger partial charge in [-0.2, -0.15) is 0 Å². The minimum Gasteiger partial charge on any atom is -0.497 e. The van der Waals surface area contributed by atoms with Crippen molar-refractivity contribution in [2.75, 3.05) is 47.1 Å². The number of benzene rings is 3. The van der Waals surface area contributed by atoms with Gasteiger partial charge in [0, 0.05) is 48.8 Å². The van der Waals surface area contributed by atoms with Crippen LogP contribution in [0, 0.1) is 0 Å². The molecule has 1 aromatic heterocycles. The number of aliphatic hydroxyl groups excluding tert-OH is 1. The number of ether oxygens (including phenoxy) is 3. The Bertz CT molecular complexity index is 1350. The van der Waals surface area contributed by atoms with E-state index >= 15 is 0 Å². The van der Waals surface area contributed by atoms with Crippen molar-refractivity contribution in [2.24, 2.45) is 0 Å². The lowest BCUT2D eigenvalue weighted by atomic mass is 9.88. The highest BCUT2D eigenvalue weighted by molar-refractivity contribution is 6.05. The van der Waals surface area contributed by atoms with E-state index < -0.39 is 6.10 Å². The summed E-state index contributed by atoms with van der Waals surface area (Å²) >= 11 is 0. The quantitative estimate of drug-likeness (QED) is 0.286. The van der Waals surface area contributed by atoms with Crippen molar-refractivity contribution in [3.05, 3.63) is 95.7 Å². The first-order valence-electron chi connectivity index (χ1n) is 13.7. The molecule has 6 nitrogen and oxygen atoms in total. The number of fused-ring (bicyclic) bond motifs is 1. The largest absolute Gasteiger partial charge is 0.497 e. The Kier molecular flexibility index (Phi) is 8.67. The summed E-state index contributed by atoms with van der Waals surface area (Å²) in [6.07, 6.45) is 2.60. The number of allylic oxidation sites excluding steroid dienone is 1. The van der Waals surface area contributed by atoms with Crippen LogP contribution in [0.2, 0.25) is 0 Å². The Morgan fingerprint density at radius 1 is 0.846 bits per heavy atom. The second-order valence-electron chi connectivity index (χ2n) is 9.94. The number of nitrogens with zero attached hydrogens (tertiary/aromatic N) is 2. The maximum absolute atomic E-state index is 11.0. The Morgan fingerprint density at radius 3 is 2.00 bits per heavy atom. The van der Waals surface area contributed by atoms with Gasteiger partial charge in [0.15, 0.2) is 0 Å². The molecule has 0 amide bonds. The average Bonchev–Trinajstić information content (AvgIpc) is 3.34. The minimum absolute atomic E-state index is 0.469. The molecule has 6 heteroatoms. The third-order valence-electron chi connectivity index (χ3n) is 7.51. The molecular weight excluding hydrogens is 488 g/mol. The molecule has 4 aromatic rings. The lowest BCUT2D eigenvalue weighted by Gasteiger charge is -2.28. The Hall–Kier alpha value is -3.58. The van der Waals surface area contributed by atoms with Crippen molar-refractivity contribution in [3.63, 3.8) is 0 Å².